The number of oxazole rings is 1. The largest absolute Gasteiger partial charge is 0.449 e. The first-order valence-corrected chi connectivity index (χ1v) is 13.2. The van der Waals surface area contributed by atoms with Gasteiger partial charge in [0, 0.05) is 30.9 Å². The first-order chi connectivity index (χ1) is 17.8. The summed E-state index contributed by atoms with van der Waals surface area (Å²) >= 11 is 0. The molecule has 188 valence electrons. The van der Waals surface area contributed by atoms with Crippen LogP contribution in [-0.2, 0) is 22.5 Å². The van der Waals surface area contributed by atoms with Gasteiger partial charge in [-0.2, -0.15) is 19.3 Å². The zero-order valence-electron chi connectivity index (χ0n) is 20.0. The molecular weight excluding hydrogens is 497 g/mol. The third-order valence-electron chi connectivity index (χ3n) is 7.74. The topological polar surface area (TPSA) is 112 Å². The van der Waals surface area contributed by atoms with Crippen LogP contribution in [0.4, 0.5) is 4.39 Å². The second-order valence-electron chi connectivity index (χ2n) is 9.72. The number of aromatic nitrogens is 6. The molecule has 1 saturated carbocycles. The third kappa shape index (κ3) is 3.15. The lowest BCUT2D eigenvalue weighted by Gasteiger charge is -2.23. The SMILES string of the molecule is Cc1cc2c(cnn2-c2ccc(F)cc2)cc1C12CN(S(=O)(=O)c3cnn(C)n3)CC1C2c1ncco1. The van der Waals surface area contributed by atoms with Gasteiger partial charge in [-0.15, -0.1) is 5.10 Å². The van der Waals surface area contributed by atoms with E-state index in [1.165, 1.54) is 27.4 Å². The van der Waals surface area contributed by atoms with Crippen LogP contribution < -0.4 is 0 Å². The summed E-state index contributed by atoms with van der Waals surface area (Å²) in [5, 5.41) is 13.4. The lowest BCUT2D eigenvalue weighted by Crippen LogP contribution is -2.35. The van der Waals surface area contributed by atoms with Crippen LogP contribution in [0.1, 0.15) is 22.9 Å². The van der Waals surface area contributed by atoms with Crippen molar-refractivity contribution in [2.24, 2.45) is 13.0 Å². The molecule has 1 saturated heterocycles. The Morgan fingerprint density at radius 3 is 2.65 bits per heavy atom. The minimum Gasteiger partial charge on any atom is -0.449 e. The first kappa shape index (κ1) is 22.3. The van der Waals surface area contributed by atoms with Gasteiger partial charge in [-0.25, -0.2) is 22.5 Å². The highest BCUT2D eigenvalue weighted by Gasteiger charge is 2.73. The molecule has 0 bridgehead atoms. The molecule has 3 unspecified atom stereocenters. The predicted octanol–water partition coefficient (Wildman–Crippen LogP) is 2.95. The molecule has 4 heterocycles. The molecule has 12 heteroatoms. The molecule has 5 aromatic rings. The number of fused-ring (bicyclic) bond motifs is 2. The fraction of sp³-hybridized carbons (Fsp3) is 0.280. The minimum atomic E-state index is -3.81. The summed E-state index contributed by atoms with van der Waals surface area (Å²) in [5.74, 6) is 0.264. The lowest BCUT2D eigenvalue weighted by molar-refractivity contribution is 0.391. The van der Waals surface area contributed by atoms with Gasteiger partial charge in [-0.1, -0.05) is 0 Å². The van der Waals surface area contributed by atoms with Crippen molar-refractivity contribution in [2.45, 2.75) is 23.3 Å². The molecular formula is C25H22FN7O3S. The van der Waals surface area contributed by atoms with Crippen LogP contribution >= 0.6 is 0 Å². The highest BCUT2D eigenvalue weighted by atomic mass is 32.2. The van der Waals surface area contributed by atoms with E-state index in [1.807, 2.05) is 6.92 Å². The maximum Gasteiger partial charge on any atom is 0.264 e. The number of sulfonamides is 1. The molecule has 2 aliphatic rings. The van der Waals surface area contributed by atoms with Crippen molar-refractivity contribution in [3.8, 4) is 5.69 Å². The molecule has 7 rings (SSSR count). The van der Waals surface area contributed by atoms with E-state index >= 15 is 0 Å². The highest BCUT2D eigenvalue weighted by Crippen LogP contribution is 2.70. The second-order valence-corrected chi connectivity index (χ2v) is 11.6. The summed E-state index contributed by atoms with van der Waals surface area (Å²) in [6.07, 6.45) is 6.22. The van der Waals surface area contributed by atoms with Crippen molar-refractivity contribution >= 4 is 20.9 Å². The number of piperidine rings is 1. The number of nitrogens with zero attached hydrogens (tertiary/aromatic N) is 7. The quantitative estimate of drug-likeness (QED) is 0.351. The van der Waals surface area contributed by atoms with Gasteiger partial charge in [-0.3, -0.25) is 0 Å². The van der Waals surface area contributed by atoms with Crippen LogP contribution in [0, 0.1) is 18.7 Å². The Kier molecular flexibility index (Phi) is 4.56. The zero-order valence-corrected chi connectivity index (χ0v) is 20.8. The third-order valence-corrected chi connectivity index (χ3v) is 9.41. The number of rotatable bonds is 5. The Bertz CT molecular complexity index is 1760. The smallest absolute Gasteiger partial charge is 0.264 e. The van der Waals surface area contributed by atoms with Crippen molar-refractivity contribution < 1.29 is 17.2 Å². The molecule has 0 spiro atoms. The van der Waals surface area contributed by atoms with E-state index in [-0.39, 0.29) is 29.2 Å². The van der Waals surface area contributed by atoms with Crippen molar-refractivity contribution in [3.63, 3.8) is 0 Å². The maximum absolute atomic E-state index is 13.5. The molecule has 0 amide bonds. The monoisotopic (exact) mass is 519 g/mol. The fourth-order valence-corrected chi connectivity index (χ4v) is 7.45. The number of aryl methyl sites for hydroxylation is 2. The van der Waals surface area contributed by atoms with Crippen molar-refractivity contribution in [1.29, 1.82) is 0 Å². The van der Waals surface area contributed by atoms with E-state index in [0.29, 0.717) is 12.4 Å². The predicted molar refractivity (Wildman–Crippen MR) is 130 cm³/mol. The fourth-order valence-electron chi connectivity index (χ4n) is 6.04. The molecule has 2 aromatic carbocycles. The van der Waals surface area contributed by atoms with Crippen molar-refractivity contribution in [2.75, 3.05) is 13.1 Å². The standard InChI is InChI=1S/C25H22FN7O3S/c1-15-9-21-16(11-29-33(21)18-5-3-17(26)4-6-18)10-19(15)25-14-32(37(34,35)22-12-28-31(2)30-22)13-20(25)23(25)24-27-7-8-36-24/h3-12,20,23H,13-14H2,1-2H3. The molecule has 1 aliphatic carbocycles. The molecule has 3 aromatic heterocycles. The normalized spacial score (nSPS) is 23.5. The second kappa shape index (κ2) is 7.56. The van der Waals surface area contributed by atoms with Crippen molar-refractivity contribution in [3.05, 3.63) is 84.1 Å². The van der Waals surface area contributed by atoms with E-state index in [9.17, 15) is 12.8 Å². The zero-order chi connectivity index (χ0) is 25.5. The van der Waals surface area contributed by atoms with E-state index in [4.69, 9.17) is 4.42 Å². The summed E-state index contributed by atoms with van der Waals surface area (Å²) < 4.78 is 49.2. The molecule has 0 radical (unpaired) electrons. The van der Waals surface area contributed by atoms with Crippen LogP contribution in [0.15, 0.2) is 70.7 Å². The minimum absolute atomic E-state index is 0.000824. The molecule has 1 aliphatic heterocycles. The van der Waals surface area contributed by atoms with Crippen LogP contribution in [0.2, 0.25) is 0 Å². The van der Waals surface area contributed by atoms with Gasteiger partial charge in [0.2, 0.25) is 5.03 Å². The van der Waals surface area contributed by atoms with Gasteiger partial charge in [0.05, 0.1) is 35.7 Å². The Labute approximate surface area is 211 Å². The number of benzene rings is 2. The number of hydrogen-bond acceptors (Lipinski definition) is 7. The summed E-state index contributed by atoms with van der Waals surface area (Å²) in [6.45, 7) is 2.63. The average molecular weight is 520 g/mol. The summed E-state index contributed by atoms with van der Waals surface area (Å²) in [6, 6.07) is 10.3. The van der Waals surface area contributed by atoms with Crippen LogP contribution in [0.3, 0.4) is 0 Å². The molecule has 10 nitrogen and oxygen atoms in total. The maximum atomic E-state index is 13.5. The van der Waals surface area contributed by atoms with Gasteiger partial charge in [0.1, 0.15) is 12.1 Å². The lowest BCUT2D eigenvalue weighted by atomic mass is 9.88. The molecule has 2 fully saturated rings. The summed E-state index contributed by atoms with van der Waals surface area (Å²) in [7, 11) is -2.22. The van der Waals surface area contributed by atoms with E-state index in [2.05, 4.69) is 32.4 Å². The number of hydrogen-bond donors (Lipinski definition) is 0. The van der Waals surface area contributed by atoms with Gasteiger partial charge >= 0.3 is 0 Å². The molecule has 0 N–H and O–H groups in total. The summed E-state index contributed by atoms with van der Waals surface area (Å²) in [4.78, 5) is 5.66. The summed E-state index contributed by atoms with van der Waals surface area (Å²) in [5.41, 5.74) is 3.20. The highest BCUT2D eigenvalue weighted by molar-refractivity contribution is 7.89. The van der Waals surface area contributed by atoms with E-state index < -0.39 is 15.4 Å². The Hall–Kier alpha value is -3.90. The molecule has 37 heavy (non-hydrogen) atoms. The average Bonchev–Trinajstić information content (AvgIpc) is 3.52. The van der Waals surface area contributed by atoms with Gasteiger partial charge < -0.3 is 4.42 Å². The van der Waals surface area contributed by atoms with E-state index in [1.54, 1.807) is 42.5 Å². The van der Waals surface area contributed by atoms with Crippen LogP contribution in [0.5, 0.6) is 0 Å². The van der Waals surface area contributed by atoms with Gasteiger partial charge in [-0.05, 0) is 60.4 Å². The van der Waals surface area contributed by atoms with Crippen LogP contribution in [-0.4, -0.2) is 55.6 Å². The molecule has 3 atom stereocenters. The first-order valence-electron chi connectivity index (χ1n) is 11.8. The number of halogens is 1. The van der Waals surface area contributed by atoms with E-state index in [0.717, 1.165) is 27.7 Å². The Morgan fingerprint density at radius 2 is 1.95 bits per heavy atom. The Balaban J connectivity index is 1.32. The van der Waals surface area contributed by atoms with Gasteiger partial charge in [0.25, 0.3) is 10.0 Å². The Morgan fingerprint density at radius 1 is 1.14 bits per heavy atom. The van der Waals surface area contributed by atoms with Gasteiger partial charge in [0.15, 0.2) is 5.89 Å². The van der Waals surface area contributed by atoms with Crippen LogP contribution in [0.25, 0.3) is 16.6 Å². The van der Waals surface area contributed by atoms with Crippen molar-refractivity contribution in [1.82, 2.24) is 34.1 Å².